The summed E-state index contributed by atoms with van der Waals surface area (Å²) in [5.74, 6) is 0. The Morgan fingerprint density at radius 2 is 2.00 bits per heavy atom. The highest BCUT2D eigenvalue weighted by atomic mass is 15.0. The van der Waals surface area contributed by atoms with E-state index in [9.17, 15) is 0 Å². The highest BCUT2D eigenvalue weighted by Crippen LogP contribution is 2.25. The number of para-hydroxylation sites is 1. The van der Waals surface area contributed by atoms with Crippen molar-refractivity contribution in [2.75, 3.05) is 11.9 Å². The van der Waals surface area contributed by atoms with Crippen LogP contribution in [-0.4, -0.2) is 17.1 Å². The van der Waals surface area contributed by atoms with Crippen molar-refractivity contribution in [2.24, 2.45) is 5.73 Å². The first kappa shape index (κ1) is 11.9. The Morgan fingerprint density at radius 1 is 1.24 bits per heavy atom. The second kappa shape index (κ2) is 4.72. The Bertz CT molecular complexity index is 500. The average molecular weight is 229 g/mol. The lowest BCUT2D eigenvalue weighted by molar-refractivity contribution is 0.527. The molecule has 0 aliphatic carbocycles. The lowest BCUT2D eigenvalue weighted by Gasteiger charge is -2.27. The molecule has 0 fully saturated rings. The van der Waals surface area contributed by atoms with E-state index in [1.165, 1.54) is 0 Å². The van der Waals surface area contributed by atoms with E-state index in [4.69, 9.17) is 5.73 Å². The molecule has 1 aromatic carbocycles. The van der Waals surface area contributed by atoms with Gasteiger partial charge in [-0.1, -0.05) is 18.2 Å². The zero-order valence-corrected chi connectivity index (χ0v) is 10.4. The minimum absolute atomic E-state index is 0.00112. The van der Waals surface area contributed by atoms with Crippen LogP contribution in [0.1, 0.15) is 20.3 Å². The fraction of sp³-hybridized carbons (Fsp3) is 0.357. The van der Waals surface area contributed by atoms with Crippen molar-refractivity contribution in [1.29, 1.82) is 0 Å². The third-order valence-corrected chi connectivity index (χ3v) is 2.89. The molecular weight excluding hydrogens is 210 g/mol. The SMILES string of the molecule is CC(C)(CCN)Nc1ccnc2ccccc12. The molecule has 2 rings (SSSR count). The third kappa shape index (κ3) is 2.74. The maximum Gasteiger partial charge on any atom is 0.0722 e. The van der Waals surface area contributed by atoms with Gasteiger partial charge in [-0.25, -0.2) is 0 Å². The molecule has 0 spiro atoms. The normalized spacial score (nSPS) is 11.7. The molecule has 0 aliphatic heterocycles. The van der Waals surface area contributed by atoms with Gasteiger partial charge in [-0.3, -0.25) is 4.98 Å². The van der Waals surface area contributed by atoms with Gasteiger partial charge in [0, 0.05) is 22.8 Å². The zero-order chi connectivity index (χ0) is 12.3. The van der Waals surface area contributed by atoms with Crippen LogP contribution >= 0.6 is 0 Å². The maximum absolute atomic E-state index is 5.63. The average Bonchev–Trinajstić information content (AvgIpc) is 2.29. The largest absolute Gasteiger partial charge is 0.380 e. The topological polar surface area (TPSA) is 50.9 Å². The first-order valence-corrected chi connectivity index (χ1v) is 5.94. The number of pyridine rings is 1. The van der Waals surface area contributed by atoms with Crippen molar-refractivity contribution in [1.82, 2.24) is 4.98 Å². The van der Waals surface area contributed by atoms with Crippen LogP contribution in [0.5, 0.6) is 0 Å². The predicted octanol–water partition coefficient (Wildman–Crippen LogP) is 2.77. The van der Waals surface area contributed by atoms with Crippen molar-refractivity contribution in [3.05, 3.63) is 36.5 Å². The number of nitrogens with one attached hydrogen (secondary N) is 1. The van der Waals surface area contributed by atoms with Gasteiger partial charge >= 0.3 is 0 Å². The number of hydrogen-bond acceptors (Lipinski definition) is 3. The van der Waals surface area contributed by atoms with Crippen molar-refractivity contribution < 1.29 is 0 Å². The number of fused-ring (bicyclic) bond motifs is 1. The molecule has 0 aliphatic rings. The van der Waals surface area contributed by atoms with Crippen LogP contribution in [0, 0.1) is 0 Å². The number of aromatic nitrogens is 1. The molecule has 3 heteroatoms. The van der Waals surface area contributed by atoms with Gasteiger partial charge in [0.2, 0.25) is 0 Å². The van der Waals surface area contributed by atoms with Gasteiger partial charge < -0.3 is 11.1 Å². The molecule has 3 N–H and O–H groups in total. The number of rotatable bonds is 4. The first-order chi connectivity index (χ1) is 8.12. The van der Waals surface area contributed by atoms with Gasteiger partial charge in [0.05, 0.1) is 5.52 Å². The van der Waals surface area contributed by atoms with Crippen molar-refractivity contribution in [3.63, 3.8) is 0 Å². The molecule has 0 unspecified atom stereocenters. The quantitative estimate of drug-likeness (QED) is 0.847. The fourth-order valence-corrected chi connectivity index (χ4v) is 1.99. The molecule has 2 aromatic rings. The van der Waals surface area contributed by atoms with Crippen molar-refractivity contribution in [3.8, 4) is 0 Å². The molecule has 0 atom stereocenters. The van der Waals surface area contributed by atoms with Crippen LogP contribution in [0.25, 0.3) is 10.9 Å². The highest BCUT2D eigenvalue weighted by Gasteiger charge is 2.17. The van der Waals surface area contributed by atoms with E-state index in [1.54, 1.807) is 0 Å². The summed E-state index contributed by atoms with van der Waals surface area (Å²) in [5, 5.41) is 4.70. The third-order valence-electron chi connectivity index (χ3n) is 2.89. The summed E-state index contributed by atoms with van der Waals surface area (Å²) >= 11 is 0. The molecule has 0 saturated carbocycles. The Hall–Kier alpha value is -1.61. The summed E-state index contributed by atoms with van der Waals surface area (Å²) in [7, 11) is 0. The molecule has 0 amide bonds. The van der Waals surface area contributed by atoms with Crippen LogP contribution in [0.15, 0.2) is 36.5 Å². The van der Waals surface area contributed by atoms with E-state index < -0.39 is 0 Å². The van der Waals surface area contributed by atoms with Gasteiger partial charge in [0.1, 0.15) is 0 Å². The molecule has 0 bridgehead atoms. The van der Waals surface area contributed by atoms with Gasteiger partial charge in [-0.2, -0.15) is 0 Å². The Morgan fingerprint density at radius 3 is 2.76 bits per heavy atom. The van der Waals surface area contributed by atoms with Gasteiger partial charge in [-0.15, -0.1) is 0 Å². The van der Waals surface area contributed by atoms with Gasteiger partial charge in [-0.05, 0) is 38.9 Å². The molecule has 1 heterocycles. The summed E-state index contributed by atoms with van der Waals surface area (Å²) in [6.45, 7) is 5.01. The Balaban J connectivity index is 2.36. The molecule has 90 valence electrons. The second-order valence-electron chi connectivity index (χ2n) is 4.92. The lowest BCUT2D eigenvalue weighted by Crippen LogP contribution is -2.33. The standard InChI is InChI=1S/C14H19N3/c1-14(2,8-9-15)17-13-7-10-16-12-6-4-3-5-11(12)13/h3-7,10H,8-9,15H2,1-2H3,(H,16,17). The van der Waals surface area contributed by atoms with Gasteiger partial charge in [0.15, 0.2) is 0 Å². The summed E-state index contributed by atoms with van der Waals surface area (Å²) in [6, 6.07) is 10.2. The van der Waals surface area contributed by atoms with Crippen molar-refractivity contribution in [2.45, 2.75) is 25.8 Å². The number of benzene rings is 1. The van der Waals surface area contributed by atoms with Crippen LogP contribution in [-0.2, 0) is 0 Å². The number of nitrogens with zero attached hydrogens (tertiary/aromatic N) is 1. The molecule has 0 radical (unpaired) electrons. The number of hydrogen-bond donors (Lipinski definition) is 2. The number of nitrogens with two attached hydrogens (primary N) is 1. The smallest absolute Gasteiger partial charge is 0.0722 e. The molecule has 1 aromatic heterocycles. The predicted molar refractivity (Wildman–Crippen MR) is 73.1 cm³/mol. The highest BCUT2D eigenvalue weighted by molar-refractivity contribution is 5.91. The molecule has 3 nitrogen and oxygen atoms in total. The minimum Gasteiger partial charge on any atom is -0.380 e. The maximum atomic E-state index is 5.63. The van der Waals surface area contributed by atoms with Crippen LogP contribution in [0.4, 0.5) is 5.69 Å². The van der Waals surface area contributed by atoms with E-state index in [2.05, 4.69) is 30.2 Å². The second-order valence-corrected chi connectivity index (χ2v) is 4.92. The van der Waals surface area contributed by atoms with Crippen molar-refractivity contribution >= 4 is 16.6 Å². The monoisotopic (exact) mass is 229 g/mol. The van der Waals surface area contributed by atoms with E-state index in [0.717, 1.165) is 23.0 Å². The minimum atomic E-state index is -0.00112. The summed E-state index contributed by atoms with van der Waals surface area (Å²) in [5.41, 5.74) is 7.76. The zero-order valence-electron chi connectivity index (χ0n) is 10.4. The summed E-state index contributed by atoms with van der Waals surface area (Å²) in [6.07, 6.45) is 2.77. The molecule has 17 heavy (non-hydrogen) atoms. The fourth-order valence-electron chi connectivity index (χ4n) is 1.99. The molecule has 0 saturated heterocycles. The van der Waals surface area contributed by atoms with E-state index in [-0.39, 0.29) is 5.54 Å². The first-order valence-electron chi connectivity index (χ1n) is 5.94. The number of anilines is 1. The van der Waals surface area contributed by atoms with Crippen LogP contribution < -0.4 is 11.1 Å². The lowest BCUT2D eigenvalue weighted by atomic mass is 10.00. The molecular formula is C14H19N3. The van der Waals surface area contributed by atoms with Gasteiger partial charge in [0.25, 0.3) is 0 Å². The van der Waals surface area contributed by atoms with E-state index in [0.29, 0.717) is 6.54 Å². The van der Waals surface area contributed by atoms with Crippen LogP contribution in [0.3, 0.4) is 0 Å². The van der Waals surface area contributed by atoms with Crippen LogP contribution in [0.2, 0.25) is 0 Å². The Labute approximate surface area is 102 Å². The summed E-state index contributed by atoms with van der Waals surface area (Å²) in [4.78, 5) is 4.35. The summed E-state index contributed by atoms with van der Waals surface area (Å²) < 4.78 is 0. The Kier molecular flexibility index (Phi) is 3.29. The van der Waals surface area contributed by atoms with E-state index >= 15 is 0 Å². The van der Waals surface area contributed by atoms with E-state index in [1.807, 2.05) is 30.5 Å².